The molecular weight excluding hydrogens is 142 g/mol. The Labute approximate surface area is 65.6 Å². The lowest BCUT2D eigenvalue weighted by molar-refractivity contribution is -0.124. The van der Waals surface area contributed by atoms with Crippen LogP contribution in [0.4, 0.5) is 0 Å². The van der Waals surface area contributed by atoms with Gasteiger partial charge < -0.3 is 5.73 Å². The lowest BCUT2D eigenvalue weighted by Crippen LogP contribution is -2.54. The normalized spacial score (nSPS) is 21.8. The van der Waals surface area contributed by atoms with Crippen molar-refractivity contribution in [2.24, 2.45) is 11.7 Å². The Kier molecular flexibility index (Phi) is 2.11. The zero-order valence-electron chi connectivity index (χ0n) is 6.45. The highest BCUT2D eigenvalue weighted by molar-refractivity contribution is 5.79. The van der Waals surface area contributed by atoms with E-state index in [4.69, 9.17) is 11.0 Å². The third-order valence-corrected chi connectivity index (χ3v) is 2.05. The quantitative estimate of drug-likeness (QED) is 0.571. The summed E-state index contributed by atoms with van der Waals surface area (Å²) in [7, 11) is 0. The first-order valence-corrected chi connectivity index (χ1v) is 3.58. The van der Waals surface area contributed by atoms with E-state index >= 15 is 0 Å². The highest BCUT2D eigenvalue weighted by Gasteiger charge is 2.32. The van der Waals surface area contributed by atoms with Crippen molar-refractivity contribution in [2.75, 3.05) is 13.1 Å². The summed E-state index contributed by atoms with van der Waals surface area (Å²) in [6, 6.07) is 1.91. The molecule has 11 heavy (non-hydrogen) atoms. The van der Waals surface area contributed by atoms with Gasteiger partial charge in [0.1, 0.15) is 0 Å². The van der Waals surface area contributed by atoms with Gasteiger partial charge in [0.05, 0.1) is 18.0 Å². The van der Waals surface area contributed by atoms with Gasteiger partial charge in [0.2, 0.25) is 5.91 Å². The van der Waals surface area contributed by atoms with Crippen LogP contribution in [0.25, 0.3) is 0 Å². The Morgan fingerprint density at radius 2 is 2.36 bits per heavy atom. The zero-order valence-corrected chi connectivity index (χ0v) is 6.45. The Bertz CT molecular complexity index is 202. The van der Waals surface area contributed by atoms with Gasteiger partial charge >= 0.3 is 0 Å². The first-order chi connectivity index (χ1) is 5.15. The number of carbonyl (C=O) groups is 1. The van der Waals surface area contributed by atoms with E-state index in [1.807, 2.05) is 4.90 Å². The van der Waals surface area contributed by atoms with Crippen LogP contribution in [-0.4, -0.2) is 29.9 Å². The van der Waals surface area contributed by atoms with Gasteiger partial charge in [-0.2, -0.15) is 5.26 Å². The van der Waals surface area contributed by atoms with E-state index < -0.39 is 0 Å². The van der Waals surface area contributed by atoms with Crippen LogP contribution < -0.4 is 5.73 Å². The molecule has 0 aromatic rings. The van der Waals surface area contributed by atoms with Crippen molar-refractivity contribution < 1.29 is 4.79 Å². The molecule has 0 unspecified atom stereocenters. The van der Waals surface area contributed by atoms with Gasteiger partial charge in [-0.05, 0) is 6.92 Å². The van der Waals surface area contributed by atoms with Gasteiger partial charge in [0.15, 0.2) is 0 Å². The first-order valence-electron chi connectivity index (χ1n) is 3.58. The van der Waals surface area contributed by atoms with Crippen molar-refractivity contribution in [1.29, 1.82) is 5.26 Å². The van der Waals surface area contributed by atoms with Crippen molar-refractivity contribution in [3.63, 3.8) is 0 Å². The smallest absolute Gasteiger partial charge is 0.234 e. The van der Waals surface area contributed by atoms with Gasteiger partial charge in [-0.3, -0.25) is 9.69 Å². The molecule has 2 N–H and O–H groups in total. The Hall–Kier alpha value is -1.08. The molecule has 1 amide bonds. The molecule has 1 aliphatic rings. The molecule has 0 spiro atoms. The van der Waals surface area contributed by atoms with Crippen molar-refractivity contribution in [2.45, 2.75) is 13.0 Å². The van der Waals surface area contributed by atoms with E-state index in [0.29, 0.717) is 13.1 Å². The van der Waals surface area contributed by atoms with Gasteiger partial charge in [0, 0.05) is 13.1 Å². The highest BCUT2D eigenvalue weighted by atomic mass is 16.1. The van der Waals surface area contributed by atoms with Crippen LogP contribution >= 0.6 is 0 Å². The number of primary amides is 1. The largest absolute Gasteiger partial charge is 0.368 e. The summed E-state index contributed by atoms with van der Waals surface area (Å²) in [6.45, 7) is 3.12. The number of carbonyl (C=O) groups excluding carboxylic acids is 1. The van der Waals surface area contributed by atoms with Gasteiger partial charge in [-0.25, -0.2) is 0 Å². The summed E-state index contributed by atoms with van der Waals surface area (Å²) in [5.74, 6) is -0.224. The third-order valence-electron chi connectivity index (χ3n) is 2.05. The summed E-state index contributed by atoms with van der Waals surface area (Å²) in [5, 5.41) is 8.43. The predicted octanol–water partition coefficient (Wildman–Crippen LogP) is -0.684. The van der Waals surface area contributed by atoms with E-state index in [-0.39, 0.29) is 17.9 Å². The SMILES string of the molecule is C[C@H](C(N)=O)N1CC(C#N)C1. The van der Waals surface area contributed by atoms with E-state index in [2.05, 4.69) is 6.07 Å². The fraction of sp³-hybridized carbons (Fsp3) is 0.714. The van der Waals surface area contributed by atoms with Crippen LogP contribution in [0.15, 0.2) is 0 Å². The Balaban J connectivity index is 2.33. The molecule has 60 valence electrons. The average Bonchev–Trinajstić information content (AvgIpc) is 1.85. The number of nitrogens with zero attached hydrogens (tertiary/aromatic N) is 2. The third kappa shape index (κ3) is 1.49. The molecule has 1 fully saturated rings. The molecule has 1 heterocycles. The second kappa shape index (κ2) is 2.89. The minimum absolute atomic E-state index is 0.0943. The number of hydrogen-bond donors (Lipinski definition) is 1. The molecule has 1 rings (SSSR count). The number of hydrogen-bond acceptors (Lipinski definition) is 3. The van der Waals surface area contributed by atoms with E-state index in [1.165, 1.54) is 0 Å². The number of nitrogens with two attached hydrogens (primary N) is 1. The molecule has 0 saturated carbocycles. The topological polar surface area (TPSA) is 70.1 Å². The van der Waals surface area contributed by atoms with Gasteiger partial charge in [-0.15, -0.1) is 0 Å². The van der Waals surface area contributed by atoms with E-state index in [9.17, 15) is 4.79 Å². The Morgan fingerprint density at radius 1 is 1.82 bits per heavy atom. The summed E-state index contributed by atoms with van der Waals surface area (Å²) in [6.07, 6.45) is 0. The van der Waals surface area contributed by atoms with Crippen LogP contribution in [0.1, 0.15) is 6.92 Å². The summed E-state index contributed by atoms with van der Waals surface area (Å²) < 4.78 is 0. The van der Waals surface area contributed by atoms with E-state index in [1.54, 1.807) is 6.92 Å². The molecule has 0 aromatic heterocycles. The summed E-state index contributed by atoms with van der Waals surface area (Å²) in [4.78, 5) is 12.5. The van der Waals surface area contributed by atoms with Crippen LogP contribution in [0.3, 0.4) is 0 Å². The minimum atomic E-state index is -0.318. The van der Waals surface area contributed by atoms with Crippen LogP contribution in [-0.2, 0) is 4.79 Å². The maximum Gasteiger partial charge on any atom is 0.234 e. The van der Waals surface area contributed by atoms with Crippen molar-refractivity contribution in [3.8, 4) is 6.07 Å². The average molecular weight is 153 g/mol. The van der Waals surface area contributed by atoms with Gasteiger partial charge in [0.25, 0.3) is 0 Å². The maximum absolute atomic E-state index is 10.6. The summed E-state index contributed by atoms with van der Waals surface area (Å²) >= 11 is 0. The molecule has 0 aromatic carbocycles. The number of likely N-dealkylation sites (tertiary alicyclic amines) is 1. The lowest BCUT2D eigenvalue weighted by atomic mass is 10.00. The second-order valence-electron chi connectivity index (χ2n) is 2.86. The molecule has 4 heteroatoms. The molecule has 1 aliphatic heterocycles. The number of nitriles is 1. The number of amides is 1. The predicted molar refractivity (Wildman–Crippen MR) is 39.3 cm³/mol. The highest BCUT2D eigenvalue weighted by Crippen LogP contribution is 2.16. The van der Waals surface area contributed by atoms with Crippen molar-refractivity contribution in [3.05, 3.63) is 0 Å². The molecule has 0 aliphatic carbocycles. The standard InChI is InChI=1S/C7H11N3O/c1-5(7(9)11)10-3-6(2-8)4-10/h5-6H,3-4H2,1H3,(H2,9,11)/t5-/m1/s1. The summed E-state index contributed by atoms with van der Waals surface area (Å²) in [5.41, 5.74) is 5.07. The van der Waals surface area contributed by atoms with Crippen molar-refractivity contribution in [1.82, 2.24) is 4.90 Å². The zero-order chi connectivity index (χ0) is 8.43. The first kappa shape index (κ1) is 8.02. The fourth-order valence-corrected chi connectivity index (χ4v) is 1.09. The molecule has 4 nitrogen and oxygen atoms in total. The molecule has 1 saturated heterocycles. The second-order valence-corrected chi connectivity index (χ2v) is 2.86. The monoisotopic (exact) mass is 153 g/mol. The maximum atomic E-state index is 10.6. The lowest BCUT2D eigenvalue weighted by Gasteiger charge is -2.38. The Morgan fingerprint density at radius 3 is 2.73 bits per heavy atom. The molecular formula is C7H11N3O. The minimum Gasteiger partial charge on any atom is -0.368 e. The fourth-order valence-electron chi connectivity index (χ4n) is 1.09. The van der Waals surface area contributed by atoms with Crippen molar-refractivity contribution >= 4 is 5.91 Å². The number of rotatable bonds is 2. The molecule has 0 radical (unpaired) electrons. The van der Waals surface area contributed by atoms with E-state index in [0.717, 1.165) is 0 Å². The molecule has 1 atom stereocenters. The van der Waals surface area contributed by atoms with Crippen LogP contribution in [0.5, 0.6) is 0 Å². The van der Waals surface area contributed by atoms with Crippen LogP contribution in [0, 0.1) is 17.2 Å². The van der Waals surface area contributed by atoms with Gasteiger partial charge in [-0.1, -0.05) is 0 Å². The van der Waals surface area contributed by atoms with Crippen LogP contribution in [0.2, 0.25) is 0 Å². The molecule has 0 bridgehead atoms.